The van der Waals surface area contributed by atoms with Crippen LogP contribution in [0.3, 0.4) is 0 Å². The van der Waals surface area contributed by atoms with Gasteiger partial charge >= 0.3 is 5.97 Å². The molecule has 23 heavy (non-hydrogen) atoms. The van der Waals surface area contributed by atoms with E-state index in [0.29, 0.717) is 0 Å². The van der Waals surface area contributed by atoms with E-state index in [-0.39, 0.29) is 11.8 Å². The number of fused-ring (bicyclic) bond motifs is 1. The summed E-state index contributed by atoms with van der Waals surface area (Å²) in [7, 11) is 1.64. The Morgan fingerprint density at radius 3 is 2.48 bits per heavy atom. The number of aliphatic carboxylic acids is 1. The largest absolute Gasteiger partial charge is 0.497 e. The molecule has 0 saturated heterocycles. The third-order valence-electron chi connectivity index (χ3n) is 4.65. The number of methoxy groups -OCH3 is 1. The van der Waals surface area contributed by atoms with E-state index in [0.717, 1.165) is 22.6 Å². The number of ether oxygens (including phenoxy) is 1. The molecule has 2 N–H and O–H groups in total. The first-order chi connectivity index (χ1) is 11.0. The van der Waals surface area contributed by atoms with Gasteiger partial charge in [-0.3, -0.25) is 0 Å². The fourth-order valence-corrected chi connectivity index (χ4v) is 3.43. The third-order valence-corrected chi connectivity index (χ3v) is 4.65. The van der Waals surface area contributed by atoms with Gasteiger partial charge in [-0.2, -0.15) is 0 Å². The minimum atomic E-state index is -0.817. The zero-order valence-corrected chi connectivity index (χ0v) is 13.5. The maximum atomic E-state index is 11.6. The van der Waals surface area contributed by atoms with E-state index >= 15 is 0 Å². The molecule has 2 aromatic carbocycles. The summed E-state index contributed by atoms with van der Waals surface area (Å²) in [5.74, 6) is -0.0369. The summed E-state index contributed by atoms with van der Waals surface area (Å²) in [5, 5.41) is 12.7. The fraction of sp³-hybridized carbons (Fsp3) is 0.316. The third kappa shape index (κ3) is 2.77. The summed E-state index contributed by atoms with van der Waals surface area (Å²) in [6.07, 6.45) is 0. The van der Waals surface area contributed by atoms with Crippen molar-refractivity contribution in [2.45, 2.75) is 25.8 Å². The number of carboxylic acids is 1. The van der Waals surface area contributed by atoms with Crippen molar-refractivity contribution < 1.29 is 14.6 Å². The van der Waals surface area contributed by atoms with Gasteiger partial charge in [0.15, 0.2) is 0 Å². The second-order valence-corrected chi connectivity index (χ2v) is 6.16. The lowest BCUT2D eigenvalue weighted by Gasteiger charge is -2.37. The van der Waals surface area contributed by atoms with Crippen molar-refractivity contribution in [3.63, 3.8) is 0 Å². The summed E-state index contributed by atoms with van der Waals surface area (Å²) in [6.45, 7) is 4.05. The van der Waals surface area contributed by atoms with Crippen molar-refractivity contribution >= 4 is 11.7 Å². The Morgan fingerprint density at radius 2 is 1.87 bits per heavy atom. The van der Waals surface area contributed by atoms with Gasteiger partial charge in [0.1, 0.15) is 11.8 Å². The molecule has 0 fully saturated rings. The van der Waals surface area contributed by atoms with Crippen molar-refractivity contribution in [2.24, 2.45) is 5.92 Å². The van der Waals surface area contributed by atoms with Crippen molar-refractivity contribution in [1.82, 2.24) is 0 Å². The Kier molecular flexibility index (Phi) is 3.99. The fourth-order valence-electron chi connectivity index (χ4n) is 3.43. The van der Waals surface area contributed by atoms with Gasteiger partial charge in [0.25, 0.3) is 0 Å². The van der Waals surface area contributed by atoms with E-state index in [1.54, 1.807) is 7.11 Å². The van der Waals surface area contributed by atoms with Crippen LogP contribution in [0.4, 0.5) is 5.69 Å². The topological polar surface area (TPSA) is 58.6 Å². The second kappa shape index (κ2) is 5.95. The highest BCUT2D eigenvalue weighted by atomic mass is 16.5. The number of aryl methyl sites for hydroxylation is 1. The molecule has 0 amide bonds. The van der Waals surface area contributed by atoms with Gasteiger partial charge in [0.05, 0.1) is 7.11 Å². The first-order valence-corrected chi connectivity index (χ1v) is 7.75. The highest BCUT2D eigenvalue weighted by Crippen LogP contribution is 2.43. The van der Waals surface area contributed by atoms with Gasteiger partial charge < -0.3 is 15.2 Å². The molecule has 3 atom stereocenters. The highest BCUT2D eigenvalue weighted by molar-refractivity contribution is 5.80. The zero-order valence-electron chi connectivity index (χ0n) is 13.5. The molecule has 3 rings (SSSR count). The van der Waals surface area contributed by atoms with Crippen LogP contribution in [0.1, 0.15) is 29.5 Å². The Morgan fingerprint density at radius 1 is 1.17 bits per heavy atom. The van der Waals surface area contributed by atoms with Gasteiger partial charge in [-0.05, 0) is 42.2 Å². The number of rotatable bonds is 3. The molecule has 1 aliphatic rings. The van der Waals surface area contributed by atoms with Gasteiger partial charge in [-0.25, -0.2) is 4.79 Å². The zero-order chi connectivity index (χ0) is 16.6. The van der Waals surface area contributed by atoms with Crippen LogP contribution in [-0.4, -0.2) is 24.2 Å². The molecule has 1 heterocycles. The van der Waals surface area contributed by atoms with Gasteiger partial charge in [-0.1, -0.05) is 36.8 Å². The van der Waals surface area contributed by atoms with Crippen LogP contribution < -0.4 is 10.1 Å². The first-order valence-electron chi connectivity index (χ1n) is 7.75. The van der Waals surface area contributed by atoms with Gasteiger partial charge in [0, 0.05) is 11.6 Å². The predicted molar refractivity (Wildman–Crippen MR) is 90.2 cm³/mol. The molecular weight excluding hydrogens is 290 g/mol. The monoisotopic (exact) mass is 311 g/mol. The summed E-state index contributed by atoms with van der Waals surface area (Å²) < 4.78 is 5.22. The quantitative estimate of drug-likeness (QED) is 0.908. The smallest absolute Gasteiger partial charge is 0.326 e. The number of hydrogen-bond acceptors (Lipinski definition) is 3. The van der Waals surface area contributed by atoms with E-state index in [2.05, 4.69) is 18.3 Å². The van der Waals surface area contributed by atoms with E-state index in [4.69, 9.17) is 4.74 Å². The molecule has 4 nitrogen and oxygen atoms in total. The van der Waals surface area contributed by atoms with Crippen molar-refractivity contribution in [2.75, 3.05) is 12.4 Å². The maximum absolute atomic E-state index is 11.6. The number of benzene rings is 2. The Hall–Kier alpha value is -2.49. The number of hydrogen-bond donors (Lipinski definition) is 2. The maximum Gasteiger partial charge on any atom is 0.326 e. The molecule has 0 spiro atoms. The van der Waals surface area contributed by atoms with Gasteiger partial charge in [-0.15, -0.1) is 0 Å². The lowest BCUT2D eigenvalue weighted by Crippen LogP contribution is -2.42. The Bertz CT molecular complexity index is 724. The summed E-state index contributed by atoms with van der Waals surface area (Å²) in [6, 6.07) is 13.4. The molecule has 120 valence electrons. The predicted octanol–water partition coefficient (Wildman–Crippen LogP) is 3.65. The van der Waals surface area contributed by atoms with Crippen LogP contribution in [0.25, 0.3) is 0 Å². The summed E-state index contributed by atoms with van der Waals surface area (Å²) in [5.41, 5.74) is 4.34. The molecule has 4 heteroatoms. The SMILES string of the molecule is COc1ccc(C2c3cc(C)ccc3NC(C(=O)O)C2C)cc1. The van der Waals surface area contributed by atoms with Crippen molar-refractivity contribution in [3.8, 4) is 5.75 Å². The Balaban J connectivity index is 2.11. The lowest BCUT2D eigenvalue weighted by atomic mass is 9.74. The number of anilines is 1. The van der Waals surface area contributed by atoms with Gasteiger partial charge in [0.2, 0.25) is 0 Å². The van der Waals surface area contributed by atoms with E-state index in [1.807, 2.05) is 43.3 Å². The molecule has 1 aliphatic heterocycles. The van der Waals surface area contributed by atoms with Crippen molar-refractivity contribution in [3.05, 3.63) is 59.2 Å². The Labute approximate surface area is 136 Å². The number of carbonyl (C=O) groups is 1. The van der Waals surface area contributed by atoms with Crippen LogP contribution in [0.15, 0.2) is 42.5 Å². The van der Waals surface area contributed by atoms with Crippen molar-refractivity contribution in [1.29, 1.82) is 0 Å². The van der Waals surface area contributed by atoms with Crippen LogP contribution in [-0.2, 0) is 4.79 Å². The molecule has 2 aromatic rings. The molecule has 0 saturated carbocycles. The van der Waals surface area contributed by atoms with Crippen LogP contribution >= 0.6 is 0 Å². The number of carboxylic acid groups (broad SMARTS) is 1. The first kappa shape index (κ1) is 15.4. The van der Waals surface area contributed by atoms with E-state index in [1.165, 1.54) is 5.56 Å². The van der Waals surface area contributed by atoms with E-state index < -0.39 is 12.0 Å². The minimum Gasteiger partial charge on any atom is -0.497 e. The number of nitrogens with one attached hydrogen (secondary N) is 1. The standard InChI is InChI=1S/C19H21NO3/c1-11-4-9-16-15(10-11)17(12(2)18(20-16)19(21)22)13-5-7-14(23-3)8-6-13/h4-10,12,17-18,20H,1-3H3,(H,21,22). The molecule has 0 bridgehead atoms. The normalized spacial score (nSPS) is 22.8. The van der Waals surface area contributed by atoms with E-state index in [9.17, 15) is 9.90 Å². The lowest BCUT2D eigenvalue weighted by molar-refractivity contribution is -0.139. The van der Waals surface area contributed by atoms with Crippen LogP contribution in [0, 0.1) is 12.8 Å². The molecule has 0 aliphatic carbocycles. The summed E-state index contributed by atoms with van der Waals surface area (Å²) in [4.78, 5) is 11.6. The molecule has 0 radical (unpaired) electrons. The molecular formula is C19H21NO3. The summed E-state index contributed by atoms with van der Waals surface area (Å²) >= 11 is 0. The minimum absolute atomic E-state index is 0.0400. The average molecular weight is 311 g/mol. The molecule has 0 aromatic heterocycles. The molecule has 3 unspecified atom stereocenters. The van der Waals surface area contributed by atoms with Crippen LogP contribution in [0.5, 0.6) is 5.75 Å². The average Bonchev–Trinajstić information content (AvgIpc) is 2.54. The second-order valence-electron chi connectivity index (χ2n) is 6.16. The van der Waals surface area contributed by atoms with Crippen LogP contribution in [0.2, 0.25) is 0 Å². The highest BCUT2D eigenvalue weighted by Gasteiger charge is 2.38.